The highest BCUT2D eigenvalue weighted by atomic mass is 16.5. The number of rotatable bonds is 5. The lowest BCUT2D eigenvalue weighted by Crippen LogP contribution is -2.49. The van der Waals surface area contributed by atoms with Crippen molar-refractivity contribution in [2.45, 2.75) is 46.1 Å². The Bertz CT molecular complexity index is 786. The summed E-state index contributed by atoms with van der Waals surface area (Å²) in [4.78, 5) is 23.6. The highest BCUT2D eigenvalue weighted by molar-refractivity contribution is 5.79. The molecular formula is C19H27N5O2. The van der Waals surface area contributed by atoms with Crippen LogP contribution in [-0.4, -0.2) is 56.4 Å². The first-order chi connectivity index (χ1) is 12.5. The Kier molecular flexibility index (Phi) is 5.66. The van der Waals surface area contributed by atoms with Crippen LogP contribution in [0, 0.1) is 20.8 Å². The number of amides is 1. The summed E-state index contributed by atoms with van der Waals surface area (Å²) in [6, 6.07) is 0.0786. The second-order valence-corrected chi connectivity index (χ2v) is 6.89. The topological polar surface area (TPSA) is 73.1 Å². The van der Waals surface area contributed by atoms with Gasteiger partial charge in [0.2, 0.25) is 5.91 Å². The van der Waals surface area contributed by atoms with E-state index in [2.05, 4.69) is 15.1 Å². The van der Waals surface area contributed by atoms with E-state index in [-0.39, 0.29) is 11.9 Å². The van der Waals surface area contributed by atoms with Crippen LogP contribution in [0.3, 0.4) is 0 Å². The molecule has 1 saturated heterocycles. The van der Waals surface area contributed by atoms with E-state index in [4.69, 9.17) is 4.74 Å². The first kappa shape index (κ1) is 18.5. The molecule has 0 N–H and O–H groups in total. The van der Waals surface area contributed by atoms with Crippen LogP contribution in [0.1, 0.15) is 34.8 Å². The maximum atomic E-state index is 13.0. The lowest BCUT2D eigenvalue weighted by molar-refractivity contribution is -0.139. The van der Waals surface area contributed by atoms with E-state index < -0.39 is 0 Å². The van der Waals surface area contributed by atoms with Crippen LogP contribution in [0.25, 0.3) is 0 Å². The molecule has 0 spiro atoms. The van der Waals surface area contributed by atoms with Crippen LogP contribution >= 0.6 is 0 Å². The zero-order valence-corrected chi connectivity index (χ0v) is 16.0. The van der Waals surface area contributed by atoms with Gasteiger partial charge in [0.05, 0.1) is 42.8 Å². The van der Waals surface area contributed by atoms with Crippen LogP contribution in [0.2, 0.25) is 0 Å². The second-order valence-electron chi connectivity index (χ2n) is 6.89. The molecule has 2 aromatic heterocycles. The predicted octanol–water partition coefficient (Wildman–Crippen LogP) is 1.54. The molecule has 1 aliphatic rings. The van der Waals surface area contributed by atoms with Gasteiger partial charge in [-0.25, -0.2) is 0 Å². The summed E-state index contributed by atoms with van der Waals surface area (Å²) in [6.07, 6.45) is 5.44. The molecule has 1 fully saturated rings. The van der Waals surface area contributed by atoms with Gasteiger partial charge in [-0.3, -0.25) is 19.4 Å². The zero-order valence-electron chi connectivity index (χ0n) is 16.0. The maximum Gasteiger partial charge on any atom is 0.227 e. The van der Waals surface area contributed by atoms with E-state index in [0.717, 1.165) is 41.2 Å². The average molecular weight is 357 g/mol. The second kappa shape index (κ2) is 7.95. The number of hydrogen-bond acceptors (Lipinski definition) is 5. The van der Waals surface area contributed by atoms with Gasteiger partial charge in [-0.1, -0.05) is 0 Å². The van der Waals surface area contributed by atoms with Crippen LogP contribution in [0.15, 0.2) is 12.4 Å². The van der Waals surface area contributed by atoms with Crippen LogP contribution < -0.4 is 0 Å². The Morgan fingerprint density at radius 2 is 2.00 bits per heavy atom. The molecule has 0 bridgehead atoms. The highest BCUT2D eigenvalue weighted by Gasteiger charge is 2.28. The van der Waals surface area contributed by atoms with Crippen molar-refractivity contribution in [2.24, 2.45) is 7.05 Å². The van der Waals surface area contributed by atoms with E-state index in [1.54, 1.807) is 12.4 Å². The molecule has 3 heterocycles. The maximum absolute atomic E-state index is 13.0. The van der Waals surface area contributed by atoms with Crippen LogP contribution in [0.4, 0.5) is 0 Å². The SMILES string of the molecule is Cc1nccnc1CC[C@@H]1COCCN1C(=O)Cc1c(C)nn(C)c1C. The van der Waals surface area contributed by atoms with Crippen molar-refractivity contribution in [3.05, 3.63) is 40.7 Å². The number of ether oxygens (including phenoxy) is 1. The van der Waals surface area contributed by atoms with Gasteiger partial charge < -0.3 is 9.64 Å². The molecule has 1 aliphatic heterocycles. The number of nitrogens with zero attached hydrogens (tertiary/aromatic N) is 5. The van der Waals surface area contributed by atoms with Gasteiger partial charge in [-0.2, -0.15) is 5.10 Å². The van der Waals surface area contributed by atoms with Gasteiger partial charge in [0.25, 0.3) is 0 Å². The lowest BCUT2D eigenvalue weighted by atomic mass is 10.0. The third-order valence-electron chi connectivity index (χ3n) is 5.23. The summed E-state index contributed by atoms with van der Waals surface area (Å²) < 4.78 is 7.48. The number of hydrogen-bond donors (Lipinski definition) is 0. The first-order valence-corrected chi connectivity index (χ1v) is 9.10. The van der Waals surface area contributed by atoms with Crippen molar-refractivity contribution in [1.82, 2.24) is 24.6 Å². The van der Waals surface area contributed by atoms with Gasteiger partial charge in [-0.15, -0.1) is 0 Å². The lowest BCUT2D eigenvalue weighted by Gasteiger charge is -2.36. The summed E-state index contributed by atoms with van der Waals surface area (Å²) >= 11 is 0. The Hall–Kier alpha value is -2.28. The monoisotopic (exact) mass is 357 g/mol. The van der Waals surface area contributed by atoms with Gasteiger partial charge in [-0.05, 0) is 33.6 Å². The largest absolute Gasteiger partial charge is 0.377 e. The Labute approximate surface area is 154 Å². The number of carbonyl (C=O) groups excluding carboxylic acids is 1. The molecule has 26 heavy (non-hydrogen) atoms. The quantitative estimate of drug-likeness (QED) is 0.811. The van der Waals surface area contributed by atoms with Crippen molar-refractivity contribution < 1.29 is 9.53 Å². The number of aromatic nitrogens is 4. The molecule has 0 aromatic carbocycles. The number of carbonyl (C=O) groups is 1. The number of morpholine rings is 1. The molecule has 7 heteroatoms. The zero-order chi connectivity index (χ0) is 18.7. The minimum absolute atomic E-state index is 0.0786. The van der Waals surface area contributed by atoms with Crippen molar-refractivity contribution in [2.75, 3.05) is 19.8 Å². The van der Waals surface area contributed by atoms with E-state index >= 15 is 0 Å². The third kappa shape index (κ3) is 3.93. The molecular weight excluding hydrogens is 330 g/mol. The molecule has 140 valence electrons. The van der Waals surface area contributed by atoms with Crippen LogP contribution in [-0.2, 0) is 29.4 Å². The minimum Gasteiger partial charge on any atom is -0.377 e. The molecule has 1 atom stereocenters. The number of aryl methyl sites for hydroxylation is 4. The summed E-state index contributed by atoms with van der Waals surface area (Å²) in [5, 5.41) is 4.42. The van der Waals surface area contributed by atoms with E-state index in [0.29, 0.717) is 26.2 Å². The predicted molar refractivity (Wildman–Crippen MR) is 97.8 cm³/mol. The van der Waals surface area contributed by atoms with Crippen molar-refractivity contribution in [3.8, 4) is 0 Å². The smallest absolute Gasteiger partial charge is 0.227 e. The van der Waals surface area contributed by atoms with Gasteiger partial charge >= 0.3 is 0 Å². The van der Waals surface area contributed by atoms with Crippen molar-refractivity contribution in [3.63, 3.8) is 0 Å². The van der Waals surface area contributed by atoms with E-state index in [1.165, 1.54) is 0 Å². The molecule has 0 aliphatic carbocycles. The molecule has 0 unspecified atom stereocenters. The van der Waals surface area contributed by atoms with E-state index in [9.17, 15) is 4.79 Å². The molecule has 7 nitrogen and oxygen atoms in total. The standard InChI is InChI=1S/C19H27N5O2/c1-13-17(15(3)23(4)22-13)11-19(25)24-9-10-26-12-16(24)5-6-18-14(2)20-7-8-21-18/h7-8,16H,5-6,9-12H2,1-4H3/t16-/m1/s1. The fourth-order valence-corrected chi connectivity index (χ4v) is 3.53. The molecule has 1 amide bonds. The average Bonchev–Trinajstić information content (AvgIpc) is 2.87. The molecule has 0 radical (unpaired) electrons. The summed E-state index contributed by atoms with van der Waals surface area (Å²) in [5.74, 6) is 0.147. The third-order valence-corrected chi connectivity index (χ3v) is 5.23. The van der Waals surface area contributed by atoms with Crippen molar-refractivity contribution in [1.29, 1.82) is 0 Å². The normalized spacial score (nSPS) is 17.5. The first-order valence-electron chi connectivity index (χ1n) is 9.10. The molecule has 0 saturated carbocycles. The van der Waals surface area contributed by atoms with Crippen LogP contribution in [0.5, 0.6) is 0 Å². The van der Waals surface area contributed by atoms with E-state index in [1.807, 2.05) is 37.4 Å². The highest BCUT2D eigenvalue weighted by Crippen LogP contribution is 2.18. The Morgan fingerprint density at radius 3 is 2.69 bits per heavy atom. The molecule has 2 aromatic rings. The Balaban J connectivity index is 1.68. The summed E-state index contributed by atoms with van der Waals surface area (Å²) in [7, 11) is 1.91. The minimum atomic E-state index is 0.0786. The fourth-order valence-electron chi connectivity index (χ4n) is 3.53. The van der Waals surface area contributed by atoms with Gasteiger partial charge in [0.15, 0.2) is 0 Å². The van der Waals surface area contributed by atoms with Gasteiger partial charge in [0.1, 0.15) is 0 Å². The van der Waals surface area contributed by atoms with Gasteiger partial charge in [0, 0.05) is 37.2 Å². The fraction of sp³-hybridized carbons (Fsp3) is 0.579. The summed E-state index contributed by atoms with van der Waals surface area (Å²) in [6.45, 7) is 7.75. The molecule has 3 rings (SSSR count). The summed E-state index contributed by atoms with van der Waals surface area (Å²) in [5.41, 5.74) is 4.95. The van der Waals surface area contributed by atoms with Crippen molar-refractivity contribution >= 4 is 5.91 Å². The Morgan fingerprint density at radius 1 is 1.23 bits per heavy atom.